The quantitative estimate of drug-likeness (QED) is 0.450. The van der Waals surface area contributed by atoms with Gasteiger partial charge in [0, 0.05) is 5.88 Å². The van der Waals surface area contributed by atoms with Crippen LogP contribution in [0.4, 0.5) is 4.39 Å². The molecular formula is C15H14ClFO2. The first-order valence-corrected chi connectivity index (χ1v) is 6.42. The van der Waals surface area contributed by atoms with Gasteiger partial charge in [-0.25, -0.2) is 4.39 Å². The Labute approximate surface area is 116 Å². The lowest BCUT2D eigenvalue weighted by atomic mass is 10.2. The molecule has 0 bridgehead atoms. The largest absolute Gasteiger partial charge is 0.464 e. The molecule has 4 heteroatoms. The van der Waals surface area contributed by atoms with Gasteiger partial charge in [0.2, 0.25) is 0 Å². The Balaban J connectivity index is 1.80. The number of benzene rings is 2. The molecule has 2 nitrogen and oxygen atoms in total. The molecule has 0 fully saturated rings. The van der Waals surface area contributed by atoms with Crippen LogP contribution >= 0.6 is 11.6 Å². The standard InChI is InChI=1S/C15H14ClFO2/c16-9-13-6-7-15(14(17)8-13)19-11-18-10-12-4-2-1-3-5-12/h1-8H,9-11H2. The molecule has 0 unspecified atom stereocenters. The molecular weight excluding hydrogens is 267 g/mol. The van der Waals surface area contributed by atoms with Gasteiger partial charge in [-0.3, -0.25) is 0 Å². The monoisotopic (exact) mass is 280 g/mol. The summed E-state index contributed by atoms with van der Waals surface area (Å²) >= 11 is 5.61. The average Bonchev–Trinajstić information content (AvgIpc) is 2.46. The summed E-state index contributed by atoms with van der Waals surface area (Å²) in [7, 11) is 0. The van der Waals surface area contributed by atoms with E-state index in [0.717, 1.165) is 11.1 Å². The second-order valence-electron chi connectivity index (χ2n) is 3.99. The lowest BCUT2D eigenvalue weighted by molar-refractivity contribution is 0.00301. The van der Waals surface area contributed by atoms with Gasteiger partial charge in [-0.05, 0) is 23.3 Å². The fourth-order valence-corrected chi connectivity index (χ4v) is 1.75. The zero-order chi connectivity index (χ0) is 13.5. The lowest BCUT2D eigenvalue weighted by Gasteiger charge is -2.08. The molecule has 0 aromatic heterocycles. The van der Waals surface area contributed by atoms with Crippen molar-refractivity contribution in [3.05, 3.63) is 65.5 Å². The molecule has 0 spiro atoms. The molecule has 0 heterocycles. The summed E-state index contributed by atoms with van der Waals surface area (Å²) in [4.78, 5) is 0. The highest BCUT2D eigenvalue weighted by Gasteiger charge is 2.04. The zero-order valence-corrected chi connectivity index (χ0v) is 11.1. The molecule has 0 atom stereocenters. The van der Waals surface area contributed by atoms with Gasteiger partial charge in [0.1, 0.15) is 0 Å². The molecule has 0 saturated heterocycles. The van der Waals surface area contributed by atoms with Gasteiger partial charge >= 0.3 is 0 Å². The third kappa shape index (κ3) is 4.23. The maximum absolute atomic E-state index is 13.5. The van der Waals surface area contributed by atoms with Crippen molar-refractivity contribution in [3.8, 4) is 5.75 Å². The van der Waals surface area contributed by atoms with Crippen molar-refractivity contribution < 1.29 is 13.9 Å². The minimum Gasteiger partial charge on any atom is -0.464 e. The van der Waals surface area contributed by atoms with Crippen molar-refractivity contribution in [2.75, 3.05) is 6.79 Å². The number of hydrogen-bond donors (Lipinski definition) is 0. The van der Waals surface area contributed by atoms with E-state index < -0.39 is 5.82 Å². The van der Waals surface area contributed by atoms with Crippen LogP contribution in [0.1, 0.15) is 11.1 Å². The van der Waals surface area contributed by atoms with Crippen LogP contribution in [-0.4, -0.2) is 6.79 Å². The predicted molar refractivity (Wildman–Crippen MR) is 72.7 cm³/mol. The van der Waals surface area contributed by atoms with E-state index in [4.69, 9.17) is 21.1 Å². The summed E-state index contributed by atoms with van der Waals surface area (Å²) in [5, 5.41) is 0. The fourth-order valence-electron chi connectivity index (χ4n) is 1.58. The van der Waals surface area contributed by atoms with E-state index in [0.29, 0.717) is 6.61 Å². The molecule has 0 radical (unpaired) electrons. The van der Waals surface area contributed by atoms with Crippen LogP contribution in [0.3, 0.4) is 0 Å². The highest BCUT2D eigenvalue weighted by atomic mass is 35.5. The van der Waals surface area contributed by atoms with Crippen LogP contribution in [0, 0.1) is 5.82 Å². The SMILES string of the molecule is Fc1cc(CCl)ccc1OCOCc1ccccc1. The van der Waals surface area contributed by atoms with Gasteiger partial charge in [-0.2, -0.15) is 0 Å². The first-order valence-electron chi connectivity index (χ1n) is 5.88. The summed E-state index contributed by atoms with van der Waals surface area (Å²) in [6.45, 7) is 0.439. The molecule has 0 N–H and O–H groups in total. The van der Waals surface area contributed by atoms with Crippen molar-refractivity contribution >= 4 is 11.6 Å². The Morgan fingerprint density at radius 2 is 1.79 bits per heavy atom. The van der Waals surface area contributed by atoms with Gasteiger partial charge in [-0.1, -0.05) is 36.4 Å². The highest BCUT2D eigenvalue weighted by molar-refractivity contribution is 6.17. The Hall–Kier alpha value is -1.58. The second-order valence-corrected chi connectivity index (χ2v) is 4.26. The minimum absolute atomic E-state index is 0.00599. The molecule has 0 amide bonds. The molecule has 0 aliphatic rings. The van der Waals surface area contributed by atoms with Crippen LogP contribution in [0.15, 0.2) is 48.5 Å². The van der Waals surface area contributed by atoms with Crippen LogP contribution < -0.4 is 4.74 Å². The molecule has 0 aliphatic heterocycles. The Morgan fingerprint density at radius 1 is 1.00 bits per heavy atom. The van der Waals surface area contributed by atoms with Crippen molar-refractivity contribution in [1.29, 1.82) is 0 Å². The third-order valence-electron chi connectivity index (χ3n) is 2.56. The van der Waals surface area contributed by atoms with E-state index in [9.17, 15) is 4.39 Å². The van der Waals surface area contributed by atoms with Crippen molar-refractivity contribution in [2.45, 2.75) is 12.5 Å². The maximum atomic E-state index is 13.5. The Bertz CT molecular complexity index is 517. The summed E-state index contributed by atoms with van der Waals surface area (Å²) in [5.41, 5.74) is 1.76. The van der Waals surface area contributed by atoms with Crippen molar-refractivity contribution in [1.82, 2.24) is 0 Å². The van der Waals surface area contributed by atoms with E-state index in [1.807, 2.05) is 30.3 Å². The van der Waals surface area contributed by atoms with E-state index in [2.05, 4.69) is 0 Å². The van der Waals surface area contributed by atoms with Gasteiger partial charge in [0.25, 0.3) is 0 Å². The highest BCUT2D eigenvalue weighted by Crippen LogP contribution is 2.19. The summed E-state index contributed by atoms with van der Waals surface area (Å²) in [5.74, 6) is 0.0187. The van der Waals surface area contributed by atoms with Crippen LogP contribution in [-0.2, 0) is 17.2 Å². The topological polar surface area (TPSA) is 18.5 Å². The van der Waals surface area contributed by atoms with E-state index >= 15 is 0 Å². The first-order chi connectivity index (χ1) is 9.29. The van der Waals surface area contributed by atoms with Crippen LogP contribution in [0.25, 0.3) is 0 Å². The average molecular weight is 281 g/mol. The van der Waals surface area contributed by atoms with Gasteiger partial charge in [-0.15, -0.1) is 11.6 Å². The predicted octanol–water partition coefficient (Wildman–Crippen LogP) is 4.12. The normalized spacial score (nSPS) is 10.4. The number of hydrogen-bond acceptors (Lipinski definition) is 2. The van der Waals surface area contributed by atoms with Crippen LogP contribution in [0.2, 0.25) is 0 Å². The van der Waals surface area contributed by atoms with Crippen molar-refractivity contribution in [2.24, 2.45) is 0 Å². The first kappa shape index (κ1) is 13.8. The molecule has 2 aromatic rings. The smallest absolute Gasteiger partial charge is 0.189 e. The van der Waals surface area contributed by atoms with Crippen LogP contribution in [0.5, 0.6) is 5.75 Å². The van der Waals surface area contributed by atoms with Gasteiger partial charge < -0.3 is 9.47 Å². The van der Waals surface area contributed by atoms with E-state index in [-0.39, 0.29) is 18.4 Å². The molecule has 2 rings (SSSR count). The molecule has 2 aromatic carbocycles. The Kier molecular flexibility index (Phi) is 5.19. The lowest BCUT2D eigenvalue weighted by Crippen LogP contribution is -2.04. The van der Waals surface area contributed by atoms with Gasteiger partial charge in [0.15, 0.2) is 18.4 Å². The summed E-state index contributed by atoms with van der Waals surface area (Å²) < 4.78 is 24.1. The van der Waals surface area contributed by atoms with Crippen molar-refractivity contribution in [3.63, 3.8) is 0 Å². The van der Waals surface area contributed by atoms with E-state index in [1.165, 1.54) is 6.07 Å². The molecule has 0 saturated carbocycles. The maximum Gasteiger partial charge on any atom is 0.189 e. The molecule has 19 heavy (non-hydrogen) atoms. The number of halogens is 2. The Morgan fingerprint density at radius 3 is 2.47 bits per heavy atom. The third-order valence-corrected chi connectivity index (χ3v) is 2.87. The molecule has 0 aliphatic carbocycles. The number of alkyl halides is 1. The second kappa shape index (κ2) is 7.12. The molecule has 100 valence electrons. The summed E-state index contributed by atoms with van der Waals surface area (Å²) in [6, 6.07) is 14.4. The fraction of sp³-hybridized carbons (Fsp3) is 0.200. The zero-order valence-electron chi connectivity index (χ0n) is 10.3. The number of ether oxygens (including phenoxy) is 2. The van der Waals surface area contributed by atoms with E-state index in [1.54, 1.807) is 12.1 Å². The minimum atomic E-state index is -0.429. The van der Waals surface area contributed by atoms with Gasteiger partial charge in [0.05, 0.1) is 6.61 Å². The summed E-state index contributed by atoms with van der Waals surface area (Å²) in [6.07, 6.45) is 0. The number of rotatable bonds is 6.